The van der Waals surface area contributed by atoms with Gasteiger partial charge in [0.2, 0.25) is 0 Å². The standard InChI is InChI=1S/C10H13NO3.2C4H10S2.C3H8S2/c1-14-10(13)9(11)6-7-2-4-8(12)5-3-7;1-3-4-6-5-2;1-3-5-6-4-2;1-3-5-4-2/h2-5,9,12H,6,11H2,1H3;2*3-4H2,1-2H3;3H2,1-2H3. The van der Waals surface area contributed by atoms with Crippen LogP contribution in [0.2, 0.25) is 0 Å². The summed E-state index contributed by atoms with van der Waals surface area (Å²) in [5.74, 6) is 4.75. The number of esters is 1. The zero-order valence-electron chi connectivity index (χ0n) is 19.9. The lowest BCUT2D eigenvalue weighted by atomic mass is 10.1. The van der Waals surface area contributed by atoms with Crippen molar-refractivity contribution < 1.29 is 14.6 Å². The van der Waals surface area contributed by atoms with Gasteiger partial charge < -0.3 is 15.6 Å². The molecular weight excluding hydrogens is 507 g/mol. The maximum Gasteiger partial charge on any atom is 0.322 e. The van der Waals surface area contributed by atoms with E-state index in [-0.39, 0.29) is 5.75 Å². The molecule has 10 heteroatoms. The van der Waals surface area contributed by atoms with Crippen LogP contribution in [0.25, 0.3) is 0 Å². The van der Waals surface area contributed by atoms with E-state index in [2.05, 4.69) is 44.9 Å². The van der Waals surface area contributed by atoms with E-state index in [0.717, 1.165) is 5.56 Å². The highest BCUT2D eigenvalue weighted by atomic mass is 33.1. The van der Waals surface area contributed by atoms with E-state index < -0.39 is 12.0 Å². The van der Waals surface area contributed by atoms with Crippen LogP contribution in [0.3, 0.4) is 0 Å². The second-order valence-corrected chi connectivity index (χ2v) is 14.0. The Hall–Kier alpha value is 0.550. The van der Waals surface area contributed by atoms with Gasteiger partial charge in [0.25, 0.3) is 0 Å². The number of phenols is 1. The van der Waals surface area contributed by atoms with Crippen LogP contribution >= 0.6 is 64.8 Å². The van der Waals surface area contributed by atoms with Gasteiger partial charge in [-0.3, -0.25) is 4.79 Å². The van der Waals surface area contributed by atoms with Crippen molar-refractivity contribution in [3.05, 3.63) is 29.8 Å². The number of aromatic hydroxyl groups is 1. The normalized spacial score (nSPS) is 10.3. The third-order valence-electron chi connectivity index (χ3n) is 2.86. The minimum atomic E-state index is -0.649. The highest BCUT2D eigenvalue weighted by molar-refractivity contribution is 8.77. The van der Waals surface area contributed by atoms with Crippen molar-refractivity contribution >= 4 is 70.7 Å². The molecule has 0 radical (unpaired) electrons. The van der Waals surface area contributed by atoms with Gasteiger partial charge in [0.1, 0.15) is 11.8 Å². The molecule has 184 valence electrons. The molecule has 0 amide bonds. The van der Waals surface area contributed by atoms with Crippen molar-refractivity contribution in [2.75, 3.05) is 42.6 Å². The molecule has 1 atom stereocenters. The molecule has 0 heterocycles. The van der Waals surface area contributed by atoms with Crippen molar-refractivity contribution in [2.24, 2.45) is 5.73 Å². The van der Waals surface area contributed by atoms with E-state index >= 15 is 0 Å². The topological polar surface area (TPSA) is 72.5 Å². The van der Waals surface area contributed by atoms with Crippen molar-refractivity contribution in [1.29, 1.82) is 0 Å². The molecule has 0 fully saturated rings. The second-order valence-electron chi connectivity index (χ2n) is 5.38. The van der Waals surface area contributed by atoms with Crippen LogP contribution in [0.1, 0.15) is 39.7 Å². The smallest absolute Gasteiger partial charge is 0.322 e. The van der Waals surface area contributed by atoms with Crippen molar-refractivity contribution in [3.63, 3.8) is 0 Å². The van der Waals surface area contributed by atoms with Gasteiger partial charge in [0.15, 0.2) is 0 Å². The van der Waals surface area contributed by atoms with E-state index in [9.17, 15) is 4.79 Å². The van der Waals surface area contributed by atoms with Gasteiger partial charge in [-0.1, -0.05) is 105 Å². The molecule has 0 saturated carbocycles. The monoisotopic (exact) mass is 547 g/mol. The van der Waals surface area contributed by atoms with E-state index in [1.165, 1.54) is 36.5 Å². The minimum Gasteiger partial charge on any atom is -0.508 e. The molecule has 0 aromatic heterocycles. The number of hydrogen-bond donors (Lipinski definition) is 2. The van der Waals surface area contributed by atoms with Crippen LogP contribution in [0.4, 0.5) is 0 Å². The summed E-state index contributed by atoms with van der Waals surface area (Å²) in [4.78, 5) is 11.0. The van der Waals surface area contributed by atoms with Crippen LogP contribution in [-0.2, 0) is 16.0 Å². The maximum absolute atomic E-state index is 11.0. The third kappa shape index (κ3) is 30.5. The number of ether oxygens (including phenoxy) is 1. The number of nitrogens with two attached hydrogens (primary N) is 1. The van der Waals surface area contributed by atoms with Gasteiger partial charge >= 0.3 is 5.97 Å². The van der Waals surface area contributed by atoms with E-state index in [4.69, 9.17) is 10.8 Å². The summed E-state index contributed by atoms with van der Waals surface area (Å²) in [7, 11) is 12.6. The van der Waals surface area contributed by atoms with Gasteiger partial charge in [-0.2, -0.15) is 0 Å². The van der Waals surface area contributed by atoms with Crippen LogP contribution in [-0.4, -0.2) is 59.8 Å². The molecule has 4 nitrogen and oxygen atoms in total. The Bertz CT molecular complexity index is 463. The Balaban J connectivity index is -0.000000386. The van der Waals surface area contributed by atoms with Crippen LogP contribution in [0.5, 0.6) is 5.75 Å². The lowest BCUT2D eigenvalue weighted by molar-refractivity contribution is -0.142. The second kappa shape index (κ2) is 30.6. The molecule has 1 rings (SSSR count). The molecule has 1 aromatic carbocycles. The first-order valence-electron chi connectivity index (χ1n) is 10.0. The maximum atomic E-state index is 11.0. The summed E-state index contributed by atoms with van der Waals surface area (Å²) >= 11 is 0. The minimum absolute atomic E-state index is 0.195. The lowest BCUT2D eigenvalue weighted by Crippen LogP contribution is -2.33. The molecule has 31 heavy (non-hydrogen) atoms. The summed E-state index contributed by atoms with van der Waals surface area (Å²) in [5.41, 5.74) is 6.45. The molecule has 0 saturated heterocycles. The average molecular weight is 548 g/mol. The van der Waals surface area contributed by atoms with Crippen LogP contribution in [0.15, 0.2) is 24.3 Å². The molecule has 1 aromatic rings. The fourth-order valence-electron chi connectivity index (χ4n) is 1.57. The number of carbonyl (C=O) groups excluding carboxylic acids is 1. The molecule has 0 aliphatic rings. The molecule has 1 unspecified atom stereocenters. The highest BCUT2D eigenvalue weighted by Gasteiger charge is 2.13. The summed E-state index contributed by atoms with van der Waals surface area (Å²) in [6.45, 7) is 8.70. The third-order valence-corrected chi connectivity index (χ3v) is 9.31. The van der Waals surface area contributed by atoms with Crippen LogP contribution in [0, 0.1) is 0 Å². The predicted octanol–water partition coefficient (Wildman–Crippen LogP) is 7.27. The predicted molar refractivity (Wildman–Crippen MR) is 156 cm³/mol. The number of hydrogen-bond acceptors (Lipinski definition) is 10. The SMILES string of the molecule is CCCSSC.CCSSC.CCSSCC.COC(=O)C(N)Cc1ccc(O)cc1. The number of rotatable bonds is 11. The summed E-state index contributed by atoms with van der Waals surface area (Å²) < 4.78 is 4.49. The van der Waals surface area contributed by atoms with Gasteiger partial charge in [-0.25, -0.2) is 0 Å². The first-order valence-corrected chi connectivity index (χ1v) is 18.0. The van der Waals surface area contributed by atoms with Gasteiger partial charge in [-0.05, 0) is 43.0 Å². The number of methoxy groups -OCH3 is 1. The van der Waals surface area contributed by atoms with Gasteiger partial charge in [0, 0.05) is 23.0 Å². The highest BCUT2D eigenvalue weighted by Crippen LogP contribution is 2.18. The fraction of sp³-hybridized carbons (Fsp3) is 0.667. The first-order chi connectivity index (χ1) is 14.9. The summed E-state index contributed by atoms with van der Waals surface area (Å²) in [6, 6.07) is 5.90. The molecule has 0 spiro atoms. The Morgan fingerprint density at radius 2 is 1.42 bits per heavy atom. The zero-order valence-corrected chi connectivity index (χ0v) is 24.8. The van der Waals surface area contributed by atoms with E-state index in [1.54, 1.807) is 24.3 Å². The van der Waals surface area contributed by atoms with Crippen molar-refractivity contribution in [1.82, 2.24) is 0 Å². The fourth-order valence-corrected chi connectivity index (χ4v) is 5.18. The number of carbonyl (C=O) groups is 1. The Kier molecular flexibility index (Phi) is 35.6. The Labute approximate surface area is 214 Å². The molecule has 0 aliphatic carbocycles. The lowest BCUT2D eigenvalue weighted by Gasteiger charge is -2.08. The molecule has 0 bridgehead atoms. The van der Waals surface area contributed by atoms with E-state index in [0.29, 0.717) is 6.42 Å². The van der Waals surface area contributed by atoms with Crippen molar-refractivity contribution in [2.45, 2.75) is 46.6 Å². The Morgan fingerprint density at radius 3 is 1.71 bits per heavy atom. The first kappa shape index (κ1) is 36.1. The van der Waals surface area contributed by atoms with Gasteiger partial charge in [0.05, 0.1) is 7.11 Å². The van der Waals surface area contributed by atoms with Crippen LogP contribution < -0.4 is 5.73 Å². The average Bonchev–Trinajstić information content (AvgIpc) is 2.79. The van der Waals surface area contributed by atoms with Crippen molar-refractivity contribution in [3.8, 4) is 5.75 Å². The molecule has 3 N–H and O–H groups in total. The number of phenolic OH excluding ortho intramolecular Hbond substituents is 1. The zero-order chi connectivity index (χ0) is 24.3. The molecular formula is C21H41NO3S6. The Morgan fingerprint density at radius 1 is 0.935 bits per heavy atom. The molecule has 0 aliphatic heterocycles. The quantitative estimate of drug-likeness (QED) is 0.168. The summed E-state index contributed by atoms with van der Waals surface area (Å²) in [5, 5.41) is 9.02. The van der Waals surface area contributed by atoms with Gasteiger partial charge in [-0.15, -0.1) is 0 Å². The number of benzene rings is 1. The largest absolute Gasteiger partial charge is 0.508 e. The summed E-state index contributed by atoms with van der Waals surface area (Å²) in [6.07, 6.45) is 5.91. The van der Waals surface area contributed by atoms with E-state index in [1.807, 2.05) is 64.8 Å².